The molecule has 1 atom stereocenters. The van der Waals surface area contributed by atoms with Gasteiger partial charge in [-0.25, -0.2) is 4.79 Å². The fourth-order valence-electron chi connectivity index (χ4n) is 1.95. The van der Waals surface area contributed by atoms with Crippen molar-refractivity contribution >= 4 is 34.9 Å². The topological polar surface area (TPSA) is 38.3 Å². The third kappa shape index (κ3) is 2.67. The number of rotatable bonds is 2. The molecule has 0 radical (unpaired) electrons. The average molecular weight is 274 g/mol. The number of ether oxygens (including phenoxy) is 1. The van der Waals surface area contributed by atoms with E-state index in [0.29, 0.717) is 23.1 Å². The summed E-state index contributed by atoms with van der Waals surface area (Å²) in [5.41, 5.74) is 1.84. The van der Waals surface area contributed by atoms with Gasteiger partial charge in [-0.15, -0.1) is 0 Å². The number of esters is 1. The molecule has 1 unspecified atom stereocenters. The molecule has 17 heavy (non-hydrogen) atoms. The van der Waals surface area contributed by atoms with E-state index in [-0.39, 0.29) is 12.0 Å². The molecule has 0 fully saturated rings. The Kier molecular flexibility index (Phi) is 3.79. The molecule has 0 aromatic heterocycles. The number of carbonyl (C=O) groups is 1. The monoisotopic (exact) mass is 273 g/mol. The molecular formula is C12H13Cl2NO2. The highest BCUT2D eigenvalue weighted by Crippen LogP contribution is 2.34. The van der Waals surface area contributed by atoms with Gasteiger partial charge in [-0.3, -0.25) is 0 Å². The Balaban J connectivity index is 2.21. The Morgan fingerprint density at radius 2 is 2.29 bits per heavy atom. The Hall–Kier alpha value is -0.930. The standard InChI is InChI=1S/C12H13Cl2NO2/c1-2-17-12(16)10-4-3-8-9(14)5-7(13)6-11(8)15-10/h5-6,10,15H,2-4H2,1H3. The first kappa shape index (κ1) is 12.5. The van der Waals surface area contributed by atoms with Crippen molar-refractivity contribution in [3.8, 4) is 0 Å². The summed E-state index contributed by atoms with van der Waals surface area (Å²) in [4.78, 5) is 11.6. The Labute approximate surface area is 110 Å². The first-order valence-electron chi connectivity index (χ1n) is 5.53. The lowest BCUT2D eigenvalue weighted by atomic mass is 9.98. The van der Waals surface area contributed by atoms with Crippen LogP contribution in [0, 0.1) is 0 Å². The highest BCUT2D eigenvalue weighted by atomic mass is 35.5. The Morgan fingerprint density at radius 3 is 3.00 bits per heavy atom. The summed E-state index contributed by atoms with van der Waals surface area (Å²) in [5.74, 6) is -0.228. The first-order chi connectivity index (χ1) is 8.11. The van der Waals surface area contributed by atoms with Crippen molar-refractivity contribution < 1.29 is 9.53 Å². The number of nitrogens with one attached hydrogen (secondary N) is 1. The Bertz CT molecular complexity index is 448. The van der Waals surface area contributed by atoms with Gasteiger partial charge in [0.15, 0.2) is 0 Å². The van der Waals surface area contributed by atoms with Gasteiger partial charge >= 0.3 is 5.97 Å². The second-order valence-electron chi connectivity index (χ2n) is 3.90. The highest BCUT2D eigenvalue weighted by Gasteiger charge is 2.26. The lowest BCUT2D eigenvalue weighted by Crippen LogP contribution is -2.35. The minimum Gasteiger partial charge on any atom is -0.464 e. The van der Waals surface area contributed by atoms with E-state index in [2.05, 4.69) is 5.32 Å². The van der Waals surface area contributed by atoms with Gasteiger partial charge in [0.25, 0.3) is 0 Å². The predicted octanol–water partition coefficient (Wildman–Crippen LogP) is 3.28. The second kappa shape index (κ2) is 5.15. The summed E-state index contributed by atoms with van der Waals surface area (Å²) in [5, 5.41) is 4.32. The van der Waals surface area contributed by atoms with Crippen LogP contribution in [0.1, 0.15) is 18.9 Å². The maximum Gasteiger partial charge on any atom is 0.328 e. The second-order valence-corrected chi connectivity index (χ2v) is 4.75. The summed E-state index contributed by atoms with van der Waals surface area (Å²) in [6, 6.07) is 3.19. The molecule has 0 saturated heterocycles. The van der Waals surface area contributed by atoms with E-state index in [1.54, 1.807) is 19.1 Å². The molecule has 1 aromatic rings. The van der Waals surface area contributed by atoms with Crippen LogP contribution in [0.25, 0.3) is 0 Å². The summed E-state index contributed by atoms with van der Waals surface area (Å²) in [7, 11) is 0. The van der Waals surface area contributed by atoms with Crippen molar-refractivity contribution in [3.05, 3.63) is 27.7 Å². The van der Waals surface area contributed by atoms with Gasteiger partial charge in [-0.05, 0) is 37.5 Å². The fraction of sp³-hybridized carbons (Fsp3) is 0.417. The highest BCUT2D eigenvalue weighted by molar-refractivity contribution is 6.35. The van der Waals surface area contributed by atoms with Gasteiger partial charge in [0.2, 0.25) is 0 Å². The molecule has 1 aromatic carbocycles. The Morgan fingerprint density at radius 1 is 1.53 bits per heavy atom. The van der Waals surface area contributed by atoms with E-state index in [4.69, 9.17) is 27.9 Å². The number of halogens is 2. The molecule has 92 valence electrons. The molecular weight excluding hydrogens is 261 g/mol. The third-order valence-electron chi connectivity index (χ3n) is 2.74. The quantitative estimate of drug-likeness (QED) is 0.841. The van der Waals surface area contributed by atoms with E-state index < -0.39 is 0 Å². The summed E-state index contributed by atoms with van der Waals surface area (Å²) >= 11 is 12.0. The van der Waals surface area contributed by atoms with Gasteiger partial charge in [0.05, 0.1) is 6.61 Å². The number of carbonyl (C=O) groups excluding carboxylic acids is 1. The number of hydrogen-bond acceptors (Lipinski definition) is 3. The number of hydrogen-bond donors (Lipinski definition) is 1. The van der Waals surface area contributed by atoms with E-state index in [1.165, 1.54) is 0 Å². The van der Waals surface area contributed by atoms with Gasteiger partial charge in [0, 0.05) is 15.7 Å². The maximum atomic E-state index is 11.6. The van der Waals surface area contributed by atoms with Crippen LogP contribution in [0.5, 0.6) is 0 Å². The van der Waals surface area contributed by atoms with Crippen LogP contribution in [0.2, 0.25) is 10.0 Å². The van der Waals surface area contributed by atoms with E-state index in [9.17, 15) is 4.79 Å². The van der Waals surface area contributed by atoms with Gasteiger partial charge < -0.3 is 10.1 Å². The van der Waals surface area contributed by atoms with Gasteiger partial charge in [-0.1, -0.05) is 23.2 Å². The lowest BCUT2D eigenvalue weighted by molar-refractivity contribution is -0.144. The van der Waals surface area contributed by atoms with Crippen molar-refractivity contribution in [2.45, 2.75) is 25.8 Å². The molecule has 0 amide bonds. The molecule has 1 aliphatic heterocycles. The largest absolute Gasteiger partial charge is 0.464 e. The van der Waals surface area contributed by atoms with E-state index in [1.807, 2.05) is 0 Å². The summed E-state index contributed by atoms with van der Waals surface area (Å²) < 4.78 is 4.99. The molecule has 0 aliphatic carbocycles. The van der Waals surface area contributed by atoms with Crippen LogP contribution in [-0.4, -0.2) is 18.6 Å². The van der Waals surface area contributed by atoms with Crippen LogP contribution in [0.4, 0.5) is 5.69 Å². The van der Waals surface area contributed by atoms with Crippen molar-refractivity contribution in [1.29, 1.82) is 0 Å². The third-order valence-corrected chi connectivity index (χ3v) is 3.30. The molecule has 0 saturated carbocycles. The smallest absolute Gasteiger partial charge is 0.328 e. The minimum atomic E-state index is -0.308. The van der Waals surface area contributed by atoms with Crippen LogP contribution in [-0.2, 0) is 16.0 Å². The van der Waals surface area contributed by atoms with E-state index in [0.717, 1.165) is 17.7 Å². The summed E-state index contributed by atoms with van der Waals surface area (Å²) in [6.07, 6.45) is 1.44. The zero-order chi connectivity index (χ0) is 12.4. The van der Waals surface area contributed by atoms with Gasteiger partial charge in [-0.2, -0.15) is 0 Å². The van der Waals surface area contributed by atoms with Crippen LogP contribution in [0.3, 0.4) is 0 Å². The molecule has 1 N–H and O–H groups in total. The zero-order valence-corrected chi connectivity index (χ0v) is 10.9. The van der Waals surface area contributed by atoms with Gasteiger partial charge in [0.1, 0.15) is 6.04 Å². The molecule has 2 rings (SSSR count). The number of anilines is 1. The normalized spacial score (nSPS) is 18.2. The zero-order valence-electron chi connectivity index (χ0n) is 9.43. The van der Waals surface area contributed by atoms with Crippen molar-refractivity contribution in [1.82, 2.24) is 0 Å². The SMILES string of the molecule is CCOC(=O)C1CCc2c(Cl)cc(Cl)cc2N1. The number of fused-ring (bicyclic) bond motifs is 1. The fourth-order valence-corrected chi connectivity index (χ4v) is 2.54. The molecule has 1 heterocycles. The first-order valence-corrected chi connectivity index (χ1v) is 6.28. The minimum absolute atomic E-state index is 0.228. The molecule has 1 aliphatic rings. The van der Waals surface area contributed by atoms with Crippen LogP contribution in [0.15, 0.2) is 12.1 Å². The van der Waals surface area contributed by atoms with Crippen LogP contribution >= 0.6 is 23.2 Å². The predicted molar refractivity (Wildman–Crippen MR) is 68.8 cm³/mol. The van der Waals surface area contributed by atoms with E-state index >= 15 is 0 Å². The lowest BCUT2D eigenvalue weighted by Gasteiger charge is -2.26. The molecule has 0 spiro atoms. The maximum absolute atomic E-state index is 11.6. The molecule has 5 heteroatoms. The van der Waals surface area contributed by atoms with Crippen LogP contribution < -0.4 is 5.32 Å². The average Bonchev–Trinajstić information content (AvgIpc) is 2.28. The van der Waals surface area contributed by atoms with Crippen molar-refractivity contribution in [2.24, 2.45) is 0 Å². The summed E-state index contributed by atoms with van der Waals surface area (Å²) in [6.45, 7) is 2.18. The number of benzene rings is 1. The van der Waals surface area contributed by atoms with Crippen molar-refractivity contribution in [3.63, 3.8) is 0 Å². The van der Waals surface area contributed by atoms with Crippen molar-refractivity contribution in [2.75, 3.05) is 11.9 Å². The molecule has 3 nitrogen and oxygen atoms in total. The molecule has 0 bridgehead atoms.